The highest BCUT2D eigenvalue weighted by molar-refractivity contribution is 6.17. The molecule has 0 spiro atoms. The molecule has 0 saturated carbocycles. The number of benzene rings is 1. The number of para-hydroxylation sites is 1. The first-order valence-corrected chi connectivity index (χ1v) is 4.45. The van der Waals surface area contributed by atoms with Crippen molar-refractivity contribution in [1.29, 1.82) is 0 Å². The fraction of sp³-hybridized carbons (Fsp3) is 0.0909. The number of carboxylic acids is 1. The average molecular weight is 202 g/mol. The molecular weight excluding hydrogens is 192 g/mol. The molecule has 1 aromatic heterocycles. The smallest absolute Gasteiger partial charge is 0.337 e. The van der Waals surface area contributed by atoms with E-state index in [0.717, 1.165) is 10.9 Å². The van der Waals surface area contributed by atoms with Crippen LogP contribution in [0.4, 0.5) is 0 Å². The molecule has 0 aliphatic heterocycles. The summed E-state index contributed by atoms with van der Waals surface area (Å²) in [6.07, 6.45) is 0. The summed E-state index contributed by atoms with van der Waals surface area (Å²) in [4.78, 5) is 10.8. The first-order chi connectivity index (χ1) is 7.11. The number of carbonyl (C=O) groups is 1. The van der Waals surface area contributed by atoms with Crippen LogP contribution >= 0.6 is 0 Å². The van der Waals surface area contributed by atoms with E-state index >= 15 is 0 Å². The SMILES string of the molecule is C=C(C(=O)O)c1nn(C)c2ccccc12. The zero-order chi connectivity index (χ0) is 11.0. The number of hydrogen-bond acceptors (Lipinski definition) is 2. The number of aryl methyl sites for hydroxylation is 1. The maximum absolute atomic E-state index is 10.8. The Hall–Kier alpha value is -2.10. The number of aliphatic carboxylic acids is 1. The first kappa shape index (κ1) is 9.45. The molecule has 1 aromatic carbocycles. The van der Waals surface area contributed by atoms with Crippen LogP contribution in [0.25, 0.3) is 16.5 Å². The van der Waals surface area contributed by atoms with Crippen molar-refractivity contribution in [3.05, 3.63) is 36.5 Å². The minimum atomic E-state index is -1.04. The van der Waals surface area contributed by atoms with Crippen molar-refractivity contribution < 1.29 is 9.90 Å². The number of carboxylic acid groups (broad SMARTS) is 1. The van der Waals surface area contributed by atoms with Crippen LogP contribution in [-0.2, 0) is 11.8 Å². The normalized spacial score (nSPS) is 10.5. The molecule has 0 radical (unpaired) electrons. The number of hydrogen-bond donors (Lipinski definition) is 1. The summed E-state index contributed by atoms with van der Waals surface area (Å²) >= 11 is 0. The molecule has 1 N–H and O–H groups in total. The predicted octanol–water partition coefficient (Wildman–Crippen LogP) is 1.67. The fourth-order valence-corrected chi connectivity index (χ4v) is 1.54. The summed E-state index contributed by atoms with van der Waals surface area (Å²) in [6.45, 7) is 3.51. The van der Waals surface area contributed by atoms with E-state index in [2.05, 4.69) is 11.7 Å². The summed E-state index contributed by atoms with van der Waals surface area (Å²) in [7, 11) is 1.78. The summed E-state index contributed by atoms with van der Waals surface area (Å²) in [6, 6.07) is 7.46. The van der Waals surface area contributed by atoms with E-state index in [1.807, 2.05) is 24.3 Å². The fourth-order valence-electron chi connectivity index (χ4n) is 1.54. The summed E-state index contributed by atoms with van der Waals surface area (Å²) in [5, 5.41) is 13.8. The highest BCUT2D eigenvalue weighted by Crippen LogP contribution is 2.22. The van der Waals surface area contributed by atoms with Gasteiger partial charge in [-0.2, -0.15) is 5.10 Å². The van der Waals surface area contributed by atoms with Gasteiger partial charge in [-0.1, -0.05) is 24.8 Å². The molecule has 0 aliphatic carbocycles. The molecule has 2 aromatic rings. The van der Waals surface area contributed by atoms with Crippen LogP contribution in [0.1, 0.15) is 5.69 Å². The van der Waals surface area contributed by atoms with Crippen LogP contribution in [0.15, 0.2) is 30.8 Å². The number of rotatable bonds is 2. The summed E-state index contributed by atoms with van der Waals surface area (Å²) in [5.41, 5.74) is 1.35. The largest absolute Gasteiger partial charge is 0.478 e. The lowest BCUT2D eigenvalue weighted by Gasteiger charge is -1.94. The molecule has 4 heteroatoms. The maximum atomic E-state index is 10.8. The van der Waals surface area contributed by atoms with Crippen LogP contribution < -0.4 is 0 Å². The molecule has 15 heavy (non-hydrogen) atoms. The van der Waals surface area contributed by atoms with Gasteiger partial charge in [0.25, 0.3) is 0 Å². The van der Waals surface area contributed by atoms with Crippen molar-refractivity contribution in [2.75, 3.05) is 0 Å². The molecule has 0 bridgehead atoms. The van der Waals surface area contributed by atoms with Gasteiger partial charge in [-0.05, 0) is 6.07 Å². The van der Waals surface area contributed by atoms with Gasteiger partial charge in [0.2, 0.25) is 0 Å². The van der Waals surface area contributed by atoms with Gasteiger partial charge in [0, 0.05) is 12.4 Å². The standard InChI is InChI=1S/C11H10N2O2/c1-7(11(14)15)10-8-5-3-4-6-9(8)13(2)12-10/h3-6H,1H2,2H3,(H,14,15). The zero-order valence-corrected chi connectivity index (χ0v) is 8.27. The topological polar surface area (TPSA) is 55.1 Å². The van der Waals surface area contributed by atoms with E-state index in [4.69, 9.17) is 5.11 Å². The minimum absolute atomic E-state index is 0.0202. The number of nitrogens with zero attached hydrogens (tertiary/aromatic N) is 2. The van der Waals surface area contributed by atoms with E-state index in [1.165, 1.54) is 0 Å². The van der Waals surface area contributed by atoms with Crippen molar-refractivity contribution in [2.24, 2.45) is 7.05 Å². The Morgan fingerprint density at radius 1 is 1.47 bits per heavy atom. The highest BCUT2D eigenvalue weighted by atomic mass is 16.4. The third-order valence-electron chi connectivity index (χ3n) is 2.30. The minimum Gasteiger partial charge on any atom is -0.478 e. The van der Waals surface area contributed by atoms with Crippen molar-refractivity contribution in [1.82, 2.24) is 9.78 Å². The number of aromatic nitrogens is 2. The van der Waals surface area contributed by atoms with Crippen LogP contribution in [-0.4, -0.2) is 20.9 Å². The second-order valence-electron chi connectivity index (χ2n) is 3.27. The van der Waals surface area contributed by atoms with Crippen molar-refractivity contribution in [2.45, 2.75) is 0 Å². The van der Waals surface area contributed by atoms with Gasteiger partial charge < -0.3 is 5.11 Å². The van der Waals surface area contributed by atoms with Gasteiger partial charge in [0.05, 0.1) is 11.1 Å². The Labute approximate surface area is 86.4 Å². The van der Waals surface area contributed by atoms with Gasteiger partial charge in [-0.3, -0.25) is 4.68 Å². The molecule has 0 saturated heterocycles. The van der Waals surface area contributed by atoms with Crippen molar-refractivity contribution in [3.63, 3.8) is 0 Å². The van der Waals surface area contributed by atoms with Crippen molar-refractivity contribution >= 4 is 22.4 Å². The van der Waals surface area contributed by atoms with Crippen LogP contribution in [0.5, 0.6) is 0 Å². The molecule has 0 amide bonds. The van der Waals surface area contributed by atoms with Crippen molar-refractivity contribution in [3.8, 4) is 0 Å². The Balaban J connectivity index is 2.72. The lowest BCUT2D eigenvalue weighted by atomic mass is 10.1. The monoisotopic (exact) mass is 202 g/mol. The molecule has 0 atom stereocenters. The Morgan fingerprint density at radius 2 is 2.13 bits per heavy atom. The lowest BCUT2D eigenvalue weighted by Crippen LogP contribution is -1.99. The average Bonchev–Trinajstić information content (AvgIpc) is 2.56. The maximum Gasteiger partial charge on any atom is 0.337 e. The van der Waals surface area contributed by atoms with E-state index in [0.29, 0.717) is 5.69 Å². The van der Waals surface area contributed by atoms with Gasteiger partial charge in [-0.25, -0.2) is 4.79 Å². The first-order valence-electron chi connectivity index (χ1n) is 4.45. The van der Waals surface area contributed by atoms with Gasteiger partial charge in [0.1, 0.15) is 5.69 Å². The molecular formula is C11H10N2O2. The molecule has 2 rings (SSSR count). The quantitative estimate of drug-likeness (QED) is 0.753. The second kappa shape index (κ2) is 3.24. The Bertz CT molecular complexity index is 555. The molecule has 76 valence electrons. The molecule has 0 aliphatic rings. The molecule has 0 fully saturated rings. The Kier molecular flexibility index (Phi) is 2.04. The van der Waals surface area contributed by atoms with Crippen LogP contribution in [0.3, 0.4) is 0 Å². The highest BCUT2D eigenvalue weighted by Gasteiger charge is 2.15. The summed E-state index contributed by atoms with van der Waals surface area (Å²) < 4.78 is 1.65. The van der Waals surface area contributed by atoms with E-state index in [-0.39, 0.29) is 5.57 Å². The second-order valence-corrected chi connectivity index (χ2v) is 3.27. The molecule has 0 unspecified atom stereocenters. The number of fused-ring (bicyclic) bond motifs is 1. The summed E-state index contributed by atoms with van der Waals surface area (Å²) in [5.74, 6) is -1.04. The third kappa shape index (κ3) is 1.40. The van der Waals surface area contributed by atoms with E-state index in [1.54, 1.807) is 11.7 Å². The van der Waals surface area contributed by atoms with Gasteiger partial charge >= 0.3 is 5.97 Å². The van der Waals surface area contributed by atoms with Gasteiger partial charge in [-0.15, -0.1) is 0 Å². The lowest BCUT2D eigenvalue weighted by molar-refractivity contribution is -0.130. The van der Waals surface area contributed by atoms with E-state index < -0.39 is 5.97 Å². The Morgan fingerprint density at radius 3 is 2.80 bits per heavy atom. The van der Waals surface area contributed by atoms with E-state index in [9.17, 15) is 4.79 Å². The van der Waals surface area contributed by atoms with Crippen LogP contribution in [0, 0.1) is 0 Å². The molecule has 1 heterocycles. The third-order valence-corrected chi connectivity index (χ3v) is 2.30. The van der Waals surface area contributed by atoms with Gasteiger partial charge in [0.15, 0.2) is 0 Å². The van der Waals surface area contributed by atoms with Crippen LogP contribution in [0.2, 0.25) is 0 Å². The molecule has 4 nitrogen and oxygen atoms in total. The predicted molar refractivity (Wildman–Crippen MR) is 57.4 cm³/mol. The zero-order valence-electron chi connectivity index (χ0n) is 8.27.